The first-order valence-electron chi connectivity index (χ1n) is 5.81. The molecule has 1 unspecified atom stereocenters. The molecule has 0 aliphatic carbocycles. The standard InChI is InChI=1S/C15H16O2S/c1-10(15(16)18-3)11-4-5-13-9-14(17-2)7-6-12(13)8-11/h4-10H,1-3H3. The lowest BCUT2D eigenvalue weighted by Gasteiger charge is -2.10. The van der Waals surface area contributed by atoms with Crippen LogP contribution >= 0.6 is 11.8 Å². The highest BCUT2D eigenvalue weighted by Gasteiger charge is 2.14. The van der Waals surface area contributed by atoms with Gasteiger partial charge in [0.25, 0.3) is 0 Å². The van der Waals surface area contributed by atoms with Gasteiger partial charge in [0.15, 0.2) is 5.12 Å². The topological polar surface area (TPSA) is 26.3 Å². The Balaban J connectivity index is 2.42. The van der Waals surface area contributed by atoms with Gasteiger partial charge in [0.05, 0.1) is 13.0 Å². The molecule has 94 valence electrons. The molecule has 3 heteroatoms. The smallest absolute Gasteiger partial charge is 0.195 e. The average Bonchev–Trinajstić information content (AvgIpc) is 2.44. The van der Waals surface area contributed by atoms with Gasteiger partial charge in [-0.25, -0.2) is 0 Å². The molecule has 0 saturated heterocycles. The van der Waals surface area contributed by atoms with Crippen LogP contribution in [-0.2, 0) is 4.79 Å². The zero-order valence-electron chi connectivity index (χ0n) is 10.8. The van der Waals surface area contributed by atoms with Gasteiger partial charge in [0.1, 0.15) is 5.75 Å². The highest BCUT2D eigenvalue weighted by Crippen LogP contribution is 2.27. The molecule has 0 aliphatic rings. The number of carbonyl (C=O) groups excluding carboxylic acids is 1. The third-order valence-electron chi connectivity index (χ3n) is 3.13. The van der Waals surface area contributed by atoms with Crippen LogP contribution in [0.2, 0.25) is 0 Å². The summed E-state index contributed by atoms with van der Waals surface area (Å²) in [7, 11) is 1.66. The van der Waals surface area contributed by atoms with Gasteiger partial charge in [-0.05, 0) is 34.7 Å². The molecule has 2 aromatic carbocycles. The van der Waals surface area contributed by atoms with Crippen molar-refractivity contribution in [1.82, 2.24) is 0 Å². The summed E-state index contributed by atoms with van der Waals surface area (Å²) in [4.78, 5) is 11.7. The van der Waals surface area contributed by atoms with Crippen LogP contribution in [0, 0.1) is 0 Å². The quantitative estimate of drug-likeness (QED) is 0.838. The van der Waals surface area contributed by atoms with Gasteiger partial charge in [-0.1, -0.05) is 43.0 Å². The summed E-state index contributed by atoms with van der Waals surface area (Å²) in [5, 5.41) is 2.46. The molecule has 18 heavy (non-hydrogen) atoms. The monoisotopic (exact) mass is 260 g/mol. The first kappa shape index (κ1) is 13.0. The van der Waals surface area contributed by atoms with Crippen LogP contribution in [0.25, 0.3) is 10.8 Å². The SMILES string of the molecule is COc1ccc2cc(C(C)C(=O)SC)ccc2c1. The molecule has 0 heterocycles. The van der Waals surface area contributed by atoms with E-state index in [9.17, 15) is 4.79 Å². The molecular formula is C15H16O2S. The Hall–Kier alpha value is -1.48. The number of carbonyl (C=O) groups is 1. The Morgan fingerprint density at radius 2 is 1.83 bits per heavy atom. The first-order chi connectivity index (χ1) is 8.65. The molecule has 1 atom stereocenters. The number of rotatable bonds is 3. The van der Waals surface area contributed by atoms with Crippen LogP contribution in [0.5, 0.6) is 5.75 Å². The number of ether oxygens (including phenoxy) is 1. The van der Waals surface area contributed by atoms with Crippen LogP contribution in [0.15, 0.2) is 36.4 Å². The number of hydrogen-bond acceptors (Lipinski definition) is 3. The summed E-state index contributed by atoms with van der Waals surface area (Å²) in [6.07, 6.45) is 1.82. The van der Waals surface area contributed by atoms with E-state index in [2.05, 4.69) is 6.07 Å². The van der Waals surface area contributed by atoms with Crippen molar-refractivity contribution < 1.29 is 9.53 Å². The molecule has 0 aromatic heterocycles. The summed E-state index contributed by atoms with van der Waals surface area (Å²) < 4.78 is 5.20. The third kappa shape index (κ3) is 2.51. The van der Waals surface area contributed by atoms with E-state index in [1.165, 1.54) is 11.8 Å². The maximum absolute atomic E-state index is 11.7. The zero-order valence-corrected chi connectivity index (χ0v) is 11.6. The minimum Gasteiger partial charge on any atom is -0.497 e. The van der Waals surface area contributed by atoms with E-state index in [0.29, 0.717) is 0 Å². The maximum atomic E-state index is 11.7. The van der Waals surface area contributed by atoms with Crippen molar-refractivity contribution in [3.63, 3.8) is 0 Å². The Labute approximate surface area is 111 Å². The van der Waals surface area contributed by atoms with Gasteiger partial charge < -0.3 is 4.74 Å². The minimum atomic E-state index is -0.0634. The molecule has 0 fully saturated rings. The lowest BCUT2D eigenvalue weighted by atomic mass is 9.99. The van der Waals surface area contributed by atoms with Gasteiger partial charge in [0, 0.05) is 0 Å². The van der Waals surface area contributed by atoms with Crippen LogP contribution < -0.4 is 4.74 Å². The van der Waals surface area contributed by atoms with Crippen molar-refractivity contribution in [1.29, 1.82) is 0 Å². The van der Waals surface area contributed by atoms with Crippen LogP contribution in [0.3, 0.4) is 0 Å². The summed E-state index contributed by atoms with van der Waals surface area (Å²) >= 11 is 1.28. The minimum absolute atomic E-state index is 0.0634. The predicted octanol–water partition coefficient (Wildman–Crippen LogP) is 3.84. The Kier molecular flexibility index (Phi) is 3.92. The van der Waals surface area contributed by atoms with Gasteiger partial charge in [-0.3, -0.25) is 4.79 Å². The molecule has 0 aliphatic heterocycles. The van der Waals surface area contributed by atoms with Crippen LogP contribution in [-0.4, -0.2) is 18.5 Å². The number of fused-ring (bicyclic) bond motifs is 1. The van der Waals surface area contributed by atoms with Crippen molar-refractivity contribution in [3.05, 3.63) is 42.0 Å². The van der Waals surface area contributed by atoms with Gasteiger partial charge in [-0.2, -0.15) is 0 Å². The van der Waals surface area contributed by atoms with E-state index < -0.39 is 0 Å². The predicted molar refractivity (Wildman–Crippen MR) is 77.4 cm³/mol. The molecule has 0 N–H and O–H groups in total. The van der Waals surface area contributed by atoms with Gasteiger partial charge >= 0.3 is 0 Å². The van der Waals surface area contributed by atoms with Gasteiger partial charge in [-0.15, -0.1) is 0 Å². The number of methoxy groups -OCH3 is 1. The molecule has 0 amide bonds. The second kappa shape index (κ2) is 5.44. The second-order valence-electron chi connectivity index (χ2n) is 4.22. The third-order valence-corrected chi connectivity index (χ3v) is 3.88. The number of thioether (sulfide) groups is 1. The van der Waals surface area contributed by atoms with E-state index >= 15 is 0 Å². The van der Waals surface area contributed by atoms with Crippen molar-refractivity contribution in [2.24, 2.45) is 0 Å². The Morgan fingerprint density at radius 1 is 1.17 bits per heavy atom. The molecule has 2 rings (SSSR count). The molecule has 0 radical (unpaired) electrons. The van der Waals surface area contributed by atoms with Crippen molar-refractivity contribution in [2.75, 3.05) is 13.4 Å². The highest BCUT2D eigenvalue weighted by molar-refractivity contribution is 8.13. The van der Waals surface area contributed by atoms with E-state index in [-0.39, 0.29) is 11.0 Å². The molecule has 0 bridgehead atoms. The molecular weight excluding hydrogens is 244 g/mol. The lowest BCUT2D eigenvalue weighted by molar-refractivity contribution is -0.111. The largest absolute Gasteiger partial charge is 0.497 e. The van der Waals surface area contributed by atoms with Crippen molar-refractivity contribution in [3.8, 4) is 5.75 Å². The summed E-state index contributed by atoms with van der Waals surface area (Å²) in [5.41, 5.74) is 1.06. The summed E-state index contributed by atoms with van der Waals surface area (Å²) in [6.45, 7) is 1.95. The fourth-order valence-corrected chi connectivity index (χ4v) is 2.44. The Bertz CT molecular complexity index is 578. The first-order valence-corrected chi connectivity index (χ1v) is 7.03. The summed E-state index contributed by atoms with van der Waals surface area (Å²) in [6, 6.07) is 12.1. The van der Waals surface area contributed by atoms with Crippen LogP contribution in [0.1, 0.15) is 18.4 Å². The second-order valence-corrected chi connectivity index (χ2v) is 5.03. The van der Waals surface area contributed by atoms with Gasteiger partial charge in [0.2, 0.25) is 0 Å². The number of benzene rings is 2. The molecule has 2 aromatic rings. The Morgan fingerprint density at radius 3 is 2.50 bits per heavy atom. The van der Waals surface area contributed by atoms with Crippen molar-refractivity contribution in [2.45, 2.75) is 12.8 Å². The normalized spacial score (nSPS) is 12.4. The highest BCUT2D eigenvalue weighted by atomic mass is 32.2. The van der Waals surface area contributed by atoms with E-state index in [0.717, 1.165) is 22.1 Å². The fraction of sp³-hybridized carbons (Fsp3) is 0.267. The average molecular weight is 260 g/mol. The molecule has 0 spiro atoms. The van der Waals surface area contributed by atoms with E-state index in [1.807, 2.05) is 43.5 Å². The summed E-state index contributed by atoms with van der Waals surface area (Å²) in [5.74, 6) is 0.787. The maximum Gasteiger partial charge on any atom is 0.195 e. The van der Waals surface area contributed by atoms with E-state index in [4.69, 9.17) is 4.74 Å². The lowest BCUT2D eigenvalue weighted by Crippen LogP contribution is -2.03. The fourth-order valence-electron chi connectivity index (χ4n) is 1.95. The van der Waals surface area contributed by atoms with Crippen LogP contribution in [0.4, 0.5) is 0 Å². The van der Waals surface area contributed by atoms with E-state index in [1.54, 1.807) is 7.11 Å². The molecule has 2 nitrogen and oxygen atoms in total. The molecule has 0 saturated carbocycles. The number of hydrogen-bond donors (Lipinski definition) is 0. The van der Waals surface area contributed by atoms with Crippen molar-refractivity contribution >= 4 is 27.6 Å². The zero-order chi connectivity index (χ0) is 13.1.